The minimum Gasteiger partial charge on any atom is -0.493 e. The van der Waals surface area contributed by atoms with E-state index in [2.05, 4.69) is 0 Å². The van der Waals surface area contributed by atoms with Gasteiger partial charge in [-0.2, -0.15) is 0 Å². The first-order valence-electron chi connectivity index (χ1n) is 5.49. The molecule has 0 radical (unpaired) electrons. The Balaban J connectivity index is 2.08. The van der Waals surface area contributed by atoms with E-state index < -0.39 is 0 Å². The van der Waals surface area contributed by atoms with Crippen LogP contribution in [0.3, 0.4) is 0 Å². The fourth-order valence-electron chi connectivity index (χ4n) is 2.20. The van der Waals surface area contributed by atoms with Crippen LogP contribution in [0.15, 0.2) is 30.0 Å². The third kappa shape index (κ3) is 1.48. The number of hydrogen-bond acceptors (Lipinski definition) is 3. The van der Waals surface area contributed by atoms with Crippen LogP contribution in [0, 0.1) is 0 Å². The van der Waals surface area contributed by atoms with E-state index in [9.17, 15) is 4.79 Å². The summed E-state index contributed by atoms with van der Waals surface area (Å²) < 4.78 is 10.8. The van der Waals surface area contributed by atoms with E-state index in [1.165, 1.54) is 0 Å². The van der Waals surface area contributed by atoms with Gasteiger partial charge in [-0.3, -0.25) is 4.79 Å². The second kappa shape index (κ2) is 3.67. The lowest BCUT2D eigenvalue weighted by Gasteiger charge is -2.20. The molecule has 1 fully saturated rings. The van der Waals surface area contributed by atoms with Gasteiger partial charge in [0.25, 0.3) is 0 Å². The van der Waals surface area contributed by atoms with Crippen molar-refractivity contribution < 1.29 is 14.3 Å². The summed E-state index contributed by atoms with van der Waals surface area (Å²) in [5.74, 6) is 1.60. The van der Waals surface area contributed by atoms with Crippen LogP contribution in [0.1, 0.15) is 24.8 Å². The molecule has 82 valence electrons. The fourth-order valence-corrected chi connectivity index (χ4v) is 2.20. The maximum atomic E-state index is 11.1. The predicted molar refractivity (Wildman–Crippen MR) is 58.8 cm³/mol. The number of allylic oxidation sites excluding steroid dienone is 1. The third-order valence-electron chi connectivity index (χ3n) is 2.95. The van der Waals surface area contributed by atoms with Crippen LogP contribution in [-0.2, 0) is 9.53 Å². The molecule has 3 nitrogen and oxygen atoms in total. The standard InChI is InChI=1S/C13H12O3/c14-13-6-5-12(16-13)10-7-8-15-11-4-2-1-3-9(10)11/h1-4H,5-8H2/b12-10+. The van der Waals surface area contributed by atoms with Gasteiger partial charge in [-0.1, -0.05) is 18.2 Å². The average molecular weight is 216 g/mol. The Kier molecular flexibility index (Phi) is 2.17. The van der Waals surface area contributed by atoms with Gasteiger partial charge in [0.2, 0.25) is 0 Å². The number of benzene rings is 1. The number of carbonyl (C=O) groups excluding carboxylic acids is 1. The first kappa shape index (κ1) is 9.46. The molecule has 0 bridgehead atoms. The van der Waals surface area contributed by atoms with Gasteiger partial charge in [0.15, 0.2) is 0 Å². The Morgan fingerprint density at radius 3 is 2.75 bits per heavy atom. The van der Waals surface area contributed by atoms with Crippen LogP contribution in [-0.4, -0.2) is 12.6 Å². The summed E-state index contributed by atoms with van der Waals surface area (Å²) in [5, 5.41) is 0. The SMILES string of the molecule is O=C1CC/C(=C2/CCOc3ccccc32)O1. The smallest absolute Gasteiger partial charge is 0.311 e. The number of cyclic esters (lactones) is 1. The van der Waals surface area contributed by atoms with Gasteiger partial charge >= 0.3 is 5.97 Å². The molecule has 1 aromatic rings. The lowest BCUT2D eigenvalue weighted by molar-refractivity contribution is -0.135. The van der Waals surface area contributed by atoms with Crippen molar-refractivity contribution in [2.75, 3.05) is 6.61 Å². The van der Waals surface area contributed by atoms with Gasteiger partial charge < -0.3 is 9.47 Å². The maximum Gasteiger partial charge on any atom is 0.311 e. The Hall–Kier alpha value is -1.77. The van der Waals surface area contributed by atoms with Crippen LogP contribution >= 0.6 is 0 Å². The van der Waals surface area contributed by atoms with Crippen molar-refractivity contribution in [3.05, 3.63) is 35.6 Å². The van der Waals surface area contributed by atoms with Crippen LogP contribution < -0.4 is 4.74 Å². The number of fused-ring (bicyclic) bond motifs is 1. The van der Waals surface area contributed by atoms with E-state index in [1.807, 2.05) is 24.3 Å². The Labute approximate surface area is 93.7 Å². The van der Waals surface area contributed by atoms with Gasteiger partial charge in [-0.15, -0.1) is 0 Å². The first-order valence-corrected chi connectivity index (χ1v) is 5.49. The van der Waals surface area contributed by atoms with E-state index in [0.717, 1.165) is 35.5 Å². The van der Waals surface area contributed by atoms with Gasteiger partial charge in [0, 0.05) is 24.0 Å². The maximum absolute atomic E-state index is 11.1. The molecule has 0 aromatic heterocycles. The highest BCUT2D eigenvalue weighted by Gasteiger charge is 2.25. The number of carbonyl (C=O) groups is 1. The molecular formula is C13H12O3. The van der Waals surface area contributed by atoms with E-state index in [1.54, 1.807) is 0 Å². The van der Waals surface area contributed by atoms with Crippen molar-refractivity contribution >= 4 is 11.5 Å². The fraction of sp³-hybridized carbons (Fsp3) is 0.308. The molecule has 0 saturated carbocycles. The molecule has 0 aliphatic carbocycles. The summed E-state index contributed by atoms with van der Waals surface area (Å²) >= 11 is 0. The summed E-state index contributed by atoms with van der Waals surface area (Å²) in [6.07, 6.45) is 2.05. The molecule has 0 amide bonds. The summed E-state index contributed by atoms with van der Waals surface area (Å²) in [7, 11) is 0. The molecule has 1 saturated heterocycles. The Morgan fingerprint density at radius 1 is 1.06 bits per heavy atom. The molecule has 3 rings (SSSR count). The third-order valence-corrected chi connectivity index (χ3v) is 2.95. The van der Waals surface area contributed by atoms with E-state index >= 15 is 0 Å². The molecule has 2 aliphatic heterocycles. The first-order chi connectivity index (χ1) is 7.84. The molecule has 2 aliphatic rings. The van der Waals surface area contributed by atoms with Crippen LogP contribution in [0.2, 0.25) is 0 Å². The molecule has 0 atom stereocenters. The van der Waals surface area contributed by atoms with Gasteiger partial charge in [-0.25, -0.2) is 0 Å². The lowest BCUT2D eigenvalue weighted by Crippen LogP contribution is -2.09. The van der Waals surface area contributed by atoms with Gasteiger partial charge in [0.1, 0.15) is 11.5 Å². The minimum atomic E-state index is -0.119. The molecule has 0 spiro atoms. The number of ether oxygens (including phenoxy) is 2. The predicted octanol–water partition coefficient (Wildman–Crippen LogP) is 2.52. The van der Waals surface area contributed by atoms with Crippen LogP contribution in [0.25, 0.3) is 5.57 Å². The van der Waals surface area contributed by atoms with Crippen LogP contribution in [0.4, 0.5) is 0 Å². The second-order valence-corrected chi connectivity index (χ2v) is 3.97. The van der Waals surface area contributed by atoms with Crippen molar-refractivity contribution in [1.29, 1.82) is 0 Å². The molecule has 16 heavy (non-hydrogen) atoms. The van der Waals surface area contributed by atoms with E-state index in [-0.39, 0.29) is 5.97 Å². The Bertz CT molecular complexity index is 474. The van der Waals surface area contributed by atoms with Gasteiger partial charge in [-0.05, 0) is 6.07 Å². The van der Waals surface area contributed by atoms with E-state index in [0.29, 0.717) is 13.0 Å². The lowest BCUT2D eigenvalue weighted by atomic mass is 9.97. The quantitative estimate of drug-likeness (QED) is 0.625. The van der Waals surface area contributed by atoms with Crippen LogP contribution in [0.5, 0.6) is 5.75 Å². The molecular weight excluding hydrogens is 204 g/mol. The zero-order chi connectivity index (χ0) is 11.0. The highest BCUT2D eigenvalue weighted by atomic mass is 16.5. The number of hydrogen-bond donors (Lipinski definition) is 0. The number of para-hydroxylation sites is 1. The molecule has 0 N–H and O–H groups in total. The van der Waals surface area contributed by atoms with E-state index in [4.69, 9.17) is 9.47 Å². The molecule has 3 heteroatoms. The largest absolute Gasteiger partial charge is 0.493 e. The normalized spacial score (nSPS) is 23.6. The highest BCUT2D eigenvalue weighted by Crippen LogP contribution is 2.37. The van der Waals surface area contributed by atoms with Crippen molar-refractivity contribution in [2.45, 2.75) is 19.3 Å². The van der Waals surface area contributed by atoms with Crippen molar-refractivity contribution in [3.63, 3.8) is 0 Å². The summed E-state index contributed by atoms with van der Waals surface area (Å²) in [6, 6.07) is 7.90. The Morgan fingerprint density at radius 2 is 1.94 bits per heavy atom. The second-order valence-electron chi connectivity index (χ2n) is 3.97. The number of esters is 1. The monoisotopic (exact) mass is 216 g/mol. The topological polar surface area (TPSA) is 35.5 Å². The number of rotatable bonds is 0. The summed E-state index contributed by atoms with van der Waals surface area (Å²) in [4.78, 5) is 11.1. The van der Waals surface area contributed by atoms with Crippen molar-refractivity contribution in [2.24, 2.45) is 0 Å². The molecule has 0 unspecified atom stereocenters. The zero-order valence-electron chi connectivity index (χ0n) is 8.86. The average Bonchev–Trinajstić information content (AvgIpc) is 2.75. The zero-order valence-corrected chi connectivity index (χ0v) is 8.86. The molecule has 1 aromatic carbocycles. The molecule has 2 heterocycles. The van der Waals surface area contributed by atoms with Gasteiger partial charge in [0.05, 0.1) is 13.0 Å². The summed E-state index contributed by atoms with van der Waals surface area (Å²) in [5.41, 5.74) is 2.20. The minimum absolute atomic E-state index is 0.119. The van der Waals surface area contributed by atoms with Crippen molar-refractivity contribution in [3.8, 4) is 5.75 Å². The highest BCUT2D eigenvalue weighted by molar-refractivity contribution is 5.80. The summed E-state index contributed by atoms with van der Waals surface area (Å²) in [6.45, 7) is 0.660. The van der Waals surface area contributed by atoms with Crippen molar-refractivity contribution in [1.82, 2.24) is 0 Å².